The summed E-state index contributed by atoms with van der Waals surface area (Å²) in [6.07, 6.45) is 3.62. The van der Waals surface area contributed by atoms with Crippen molar-refractivity contribution in [1.29, 1.82) is 0 Å². The summed E-state index contributed by atoms with van der Waals surface area (Å²) < 4.78 is 5.32. The Kier molecular flexibility index (Phi) is 6.04. The van der Waals surface area contributed by atoms with Gasteiger partial charge in [0.15, 0.2) is 11.8 Å². The lowest BCUT2D eigenvalue weighted by Crippen LogP contribution is -2.46. The summed E-state index contributed by atoms with van der Waals surface area (Å²) in [7, 11) is 0. The fraction of sp³-hybridized carbons (Fsp3) is 0.450. The highest BCUT2D eigenvalue weighted by Gasteiger charge is 2.27. The number of nitrogens with one attached hydrogen (secondary N) is 1. The molecule has 1 fully saturated rings. The lowest BCUT2D eigenvalue weighted by atomic mass is 9.86. The number of rotatable bonds is 5. The Hall–Kier alpha value is -2.21. The molecule has 2 aromatic rings. The van der Waals surface area contributed by atoms with Crippen molar-refractivity contribution >= 4 is 23.2 Å². The topological polar surface area (TPSA) is 68.3 Å². The molecule has 1 amide bonds. The monoisotopic (exact) mass is 372 g/mol. The van der Waals surface area contributed by atoms with E-state index >= 15 is 0 Å². The second-order valence-electron chi connectivity index (χ2n) is 6.83. The Morgan fingerprint density at radius 3 is 2.69 bits per heavy atom. The van der Waals surface area contributed by atoms with Crippen LogP contribution in [0.1, 0.15) is 50.0 Å². The number of carbonyl (C=O) groups is 2. The van der Waals surface area contributed by atoms with E-state index in [0.29, 0.717) is 5.92 Å². The molecule has 1 aromatic heterocycles. The molecule has 1 aliphatic rings. The van der Waals surface area contributed by atoms with E-state index in [1.807, 2.05) is 30.3 Å². The van der Waals surface area contributed by atoms with Gasteiger partial charge >= 0.3 is 5.97 Å². The molecule has 0 bridgehead atoms. The minimum atomic E-state index is -0.835. The number of aromatic nitrogens is 1. The minimum Gasteiger partial charge on any atom is -0.448 e. The van der Waals surface area contributed by atoms with E-state index in [9.17, 15) is 9.59 Å². The first kappa shape index (κ1) is 18.6. The van der Waals surface area contributed by atoms with Gasteiger partial charge in [0, 0.05) is 17.0 Å². The molecule has 1 aliphatic carbocycles. The SMILES string of the molecule is C[C@@H]1CCCC[C@@H]1NC(=O)[C@@H](C)OC(=O)c1csc(-c2ccccc2)n1. The van der Waals surface area contributed by atoms with Crippen LogP contribution in [0, 0.1) is 5.92 Å². The number of carbonyl (C=O) groups excluding carboxylic acids is 2. The highest BCUT2D eigenvalue weighted by atomic mass is 32.1. The molecule has 3 rings (SSSR count). The lowest BCUT2D eigenvalue weighted by Gasteiger charge is -2.30. The predicted molar refractivity (Wildman–Crippen MR) is 102 cm³/mol. The summed E-state index contributed by atoms with van der Waals surface area (Å²) in [6, 6.07) is 9.83. The first-order valence-corrected chi connectivity index (χ1v) is 9.95. The van der Waals surface area contributed by atoms with Crippen molar-refractivity contribution < 1.29 is 14.3 Å². The van der Waals surface area contributed by atoms with E-state index in [1.165, 1.54) is 17.8 Å². The molecule has 0 aliphatic heterocycles. The maximum atomic E-state index is 12.3. The van der Waals surface area contributed by atoms with Crippen LogP contribution in [-0.2, 0) is 9.53 Å². The summed E-state index contributed by atoms with van der Waals surface area (Å²) in [6.45, 7) is 3.76. The fourth-order valence-electron chi connectivity index (χ4n) is 3.19. The van der Waals surface area contributed by atoms with Crippen LogP contribution in [0.15, 0.2) is 35.7 Å². The molecule has 3 atom stereocenters. The highest BCUT2D eigenvalue weighted by Crippen LogP contribution is 2.25. The minimum absolute atomic E-state index is 0.168. The zero-order valence-electron chi connectivity index (χ0n) is 15.1. The summed E-state index contributed by atoms with van der Waals surface area (Å²) in [5.74, 6) is -0.346. The number of ether oxygens (including phenoxy) is 1. The van der Waals surface area contributed by atoms with Crippen molar-refractivity contribution in [2.45, 2.75) is 51.7 Å². The number of amides is 1. The molecule has 26 heavy (non-hydrogen) atoms. The van der Waals surface area contributed by atoms with E-state index in [-0.39, 0.29) is 17.6 Å². The van der Waals surface area contributed by atoms with Crippen molar-refractivity contribution in [1.82, 2.24) is 10.3 Å². The normalized spacial score (nSPS) is 21.0. The first-order valence-electron chi connectivity index (χ1n) is 9.07. The van der Waals surface area contributed by atoms with Gasteiger partial charge in [-0.05, 0) is 25.7 Å². The molecule has 1 N–H and O–H groups in total. The van der Waals surface area contributed by atoms with Gasteiger partial charge in [-0.25, -0.2) is 9.78 Å². The van der Waals surface area contributed by atoms with Crippen molar-refractivity contribution in [2.75, 3.05) is 0 Å². The Balaban J connectivity index is 1.57. The zero-order valence-corrected chi connectivity index (χ0v) is 15.9. The van der Waals surface area contributed by atoms with Crippen LogP contribution < -0.4 is 5.32 Å². The number of hydrogen-bond acceptors (Lipinski definition) is 5. The molecule has 138 valence electrons. The molecule has 1 heterocycles. The van der Waals surface area contributed by atoms with Gasteiger partial charge in [0.1, 0.15) is 5.01 Å². The van der Waals surface area contributed by atoms with Gasteiger partial charge in [0.05, 0.1) is 0 Å². The van der Waals surface area contributed by atoms with Crippen LogP contribution in [0.4, 0.5) is 0 Å². The highest BCUT2D eigenvalue weighted by molar-refractivity contribution is 7.13. The molecule has 0 unspecified atom stereocenters. The van der Waals surface area contributed by atoms with Gasteiger partial charge in [-0.2, -0.15) is 0 Å². The van der Waals surface area contributed by atoms with Gasteiger partial charge in [-0.3, -0.25) is 4.79 Å². The number of nitrogens with zero attached hydrogens (tertiary/aromatic N) is 1. The molecular weight excluding hydrogens is 348 g/mol. The summed E-state index contributed by atoms with van der Waals surface area (Å²) in [4.78, 5) is 29.0. The van der Waals surface area contributed by atoms with Gasteiger partial charge in [-0.1, -0.05) is 50.1 Å². The van der Waals surface area contributed by atoms with Crippen LogP contribution in [0.2, 0.25) is 0 Å². The second kappa shape index (κ2) is 8.45. The van der Waals surface area contributed by atoms with E-state index in [0.717, 1.165) is 29.8 Å². The molecule has 0 spiro atoms. The van der Waals surface area contributed by atoms with Gasteiger partial charge in [0.25, 0.3) is 5.91 Å². The molecule has 5 nitrogen and oxygen atoms in total. The van der Waals surface area contributed by atoms with Crippen molar-refractivity contribution in [3.05, 3.63) is 41.4 Å². The van der Waals surface area contributed by atoms with Crippen molar-refractivity contribution in [3.8, 4) is 10.6 Å². The Labute approximate surface area is 157 Å². The van der Waals surface area contributed by atoms with Crippen LogP contribution in [0.5, 0.6) is 0 Å². The Morgan fingerprint density at radius 2 is 1.96 bits per heavy atom. The average molecular weight is 372 g/mol. The maximum absolute atomic E-state index is 12.3. The molecule has 0 radical (unpaired) electrons. The third kappa shape index (κ3) is 4.49. The third-order valence-corrected chi connectivity index (χ3v) is 5.72. The quantitative estimate of drug-likeness (QED) is 0.804. The molecular formula is C20H24N2O3S. The number of esters is 1. The molecule has 6 heteroatoms. The largest absolute Gasteiger partial charge is 0.448 e. The molecule has 1 aromatic carbocycles. The van der Waals surface area contributed by atoms with E-state index in [4.69, 9.17) is 4.74 Å². The lowest BCUT2D eigenvalue weighted by molar-refractivity contribution is -0.130. The number of benzene rings is 1. The fourth-order valence-corrected chi connectivity index (χ4v) is 3.98. The Morgan fingerprint density at radius 1 is 1.23 bits per heavy atom. The van der Waals surface area contributed by atoms with Crippen molar-refractivity contribution in [2.24, 2.45) is 5.92 Å². The van der Waals surface area contributed by atoms with Crippen molar-refractivity contribution in [3.63, 3.8) is 0 Å². The average Bonchev–Trinajstić information content (AvgIpc) is 3.14. The Bertz CT molecular complexity index is 759. The van der Waals surface area contributed by atoms with E-state index in [2.05, 4.69) is 17.2 Å². The summed E-state index contributed by atoms with van der Waals surface area (Å²) in [5.41, 5.74) is 1.19. The summed E-state index contributed by atoms with van der Waals surface area (Å²) in [5, 5.41) is 5.44. The van der Waals surface area contributed by atoms with E-state index in [1.54, 1.807) is 12.3 Å². The van der Waals surface area contributed by atoms with Crippen LogP contribution in [0.25, 0.3) is 10.6 Å². The van der Waals surface area contributed by atoms with Crippen LogP contribution in [-0.4, -0.2) is 29.0 Å². The maximum Gasteiger partial charge on any atom is 0.358 e. The summed E-state index contributed by atoms with van der Waals surface area (Å²) >= 11 is 1.38. The third-order valence-electron chi connectivity index (χ3n) is 4.83. The smallest absolute Gasteiger partial charge is 0.358 e. The van der Waals surface area contributed by atoms with E-state index < -0.39 is 12.1 Å². The number of thiazole rings is 1. The van der Waals surface area contributed by atoms with Crippen LogP contribution in [0.3, 0.4) is 0 Å². The standard InChI is InChI=1S/C20H24N2O3S/c1-13-8-6-7-11-16(13)21-18(23)14(2)25-20(24)17-12-26-19(22-17)15-9-4-3-5-10-15/h3-5,9-10,12-14,16H,6-8,11H2,1-2H3,(H,21,23)/t13-,14-,16+/m1/s1. The van der Waals surface area contributed by atoms with Gasteiger partial charge in [-0.15, -0.1) is 11.3 Å². The molecule has 1 saturated carbocycles. The van der Waals surface area contributed by atoms with Crippen LogP contribution >= 0.6 is 11.3 Å². The number of hydrogen-bond donors (Lipinski definition) is 1. The van der Waals surface area contributed by atoms with Gasteiger partial charge < -0.3 is 10.1 Å². The zero-order chi connectivity index (χ0) is 18.5. The first-order chi connectivity index (χ1) is 12.5. The second-order valence-corrected chi connectivity index (χ2v) is 7.69. The van der Waals surface area contributed by atoms with Gasteiger partial charge in [0.2, 0.25) is 0 Å². The predicted octanol–water partition coefficient (Wildman–Crippen LogP) is 4.05. The molecule has 0 saturated heterocycles.